The van der Waals surface area contributed by atoms with E-state index in [1.165, 1.54) is 24.3 Å². The number of hydrogen-bond donors (Lipinski definition) is 2. The van der Waals surface area contributed by atoms with Crippen molar-refractivity contribution in [3.63, 3.8) is 0 Å². The van der Waals surface area contributed by atoms with Crippen LogP contribution in [-0.2, 0) is 21.2 Å². The minimum atomic E-state index is -3.53. The number of sulfonamides is 1. The summed E-state index contributed by atoms with van der Waals surface area (Å²) in [6, 6.07) is 5.84. The Hall–Kier alpha value is -1.44. The number of hydrogen-bond acceptors (Lipinski definition) is 4. The van der Waals surface area contributed by atoms with Crippen LogP contribution in [-0.4, -0.2) is 51.6 Å². The van der Waals surface area contributed by atoms with Gasteiger partial charge in [-0.3, -0.25) is 4.79 Å². The van der Waals surface area contributed by atoms with Gasteiger partial charge in [-0.15, -0.1) is 0 Å². The van der Waals surface area contributed by atoms with E-state index >= 15 is 0 Å². The van der Waals surface area contributed by atoms with Gasteiger partial charge in [-0.05, 0) is 31.8 Å². The van der Waals surface area contributed by atoms with Crippen LogP contribution in [0.4, 0.5) is 0 Å². The van der Waals surface area contributed by atoms with Gasteiger partial charge in [-0.2, -0.15) is 0 Å². The van der Waals surface area contributed by atoms with Crippen molar-refractivity contribution in [1.82, 2.24) is 9.62 Å². The third-order valence-corrected chi connectivity index (χ3v) is 3.92. The van der Waals surface area contributed by atoms with Crippen LogP contribution in [0.3, 0.4) is 0 Å². The number of aliphatic carboxylic acids is 1. The number of nitrogens with one attached hydrogen (secondary N) is 1. The topological polar surface area (TPSA) is 86.7 Å². The lowest BCUT2D eigenvalue weighted by atomic mass is 10.2. The van der Waals surface area contributed by atoms with Crippen LogP contribution in [0.1, 0.15) is 5.56 Å². The first-order valence-electron chi connectivity index (χ1n) is 5.76. The van der Waals surface area contributed by atoms with Crippen molar-refractivity contribution in [3.8, 4) is 0 Å². The summed E-state index contributed by atoms with van der Waals surface area (Å²) < 4.78 is 26.3. The molecule has 19 heavy (non-hydrogen) atoms. The van der Waals surface area contributed by atoms with Gasteiger partial charge in [-0.1, -0.05) is 12.1 Å². The Kier molecular flexibility index (Phi) is 5.46. The van der Waals surface area contributed by atoms with Gasteiger partial charge in [0.2, 0.25) is 10.0 Å². The average molecular weight is 286 g/mol. The van der Waals surface area contributed by atoms with Crippen LogP contribution < -0.4 is 4.72 Å². The maximum atomic E-state index is 11.9. The minimum Gasteiger partial charge on any atom is -0.481 e. The maximum absolute atomic E-state index is 11.9. The predicted molar refractivity (Wildman–Crippen MR) is 71.5 cm³/mol. The molecule has 0 bridgehead atoms. The minimum absolute atomic E-state index is 0.117. The molecule has 7 heteroatoms. The molecular weight excluding hydrogens is 268 g/mol. The van der Waals surface area contributed by atoms with Crippen molar-refractivity contribution in [2.24, 2.45) is 0 Å². The van der Waals surface area contributed by atoms with Gasteiger partial charge in [0.15, 0.2) is 0 Å². The fraction of sp³-hybridized carbons (Fsp3) is 0.417. The van der Waals surface area contributed by atoms with Crippen LogP contribution >= 0.6 is 0 Å². The Morgan fingerprint density at radius 2 is 1.84 bits per heavy atom. The number of rotatable bonds is 7. The van der Waals surface area contributed by atoms with E-state index in [9.17, 15) is 13.2 Å². The van der Waals surface area contributed by atoms with Crippen molar-refractivity contribution < 1.29 is 18.3 Å². The third kappa shape index (κ3) is 5.37. The molecule has 0 atom stereocenters. The average Bonchev–Trinajstić information content (AvgIpc) is 2.28. The molecule has 0 heterocycles. The fourth-order valence-corrected chi connectivity index (χ4v) is 2.47. The summed E-state index contributed by atoms with van der Waals surface area (Å²) in [5.74, 6) is -0.945. The van der Waals surface area contributed by atoms with Gasteiger partial charge in [0.1, 0.15) is 0 Å². The van der Waals surface area contributed by atoms with Gasteiger partial charge >= 0.3 is 5.97 Å². The first-order valence-corrected chi connectivity index (χ1v) is 7.25. The molecule has 6 nitrogen and oxygen atoms in total. The van der Waals surface area contributed by atoms with E-state index in [4.69, 9.17) is 5.11 Å². The summed E-state index contributed by atoms with van der Waals surface area (Å²) in [5.41, 5.74) is 0.569. The standard InChI is InChI=1S/C12H18N2O4S/c1-14(2)8-7-13-19(17,18)11-5-3-10(4-6-11)9-12(15)16/h3-6,13H,7-9H2,1-2H3,(H,15,16). The van der Waals surface area contributed by atoms with Crippen LogP contribution in [0, 0.1) is 0 Å². The summed E-state index contributed by atoms with van der Waals surface area (Å²) in [6.07, 6.45) is -0.117. The predicted octanol–water partition coefficient (Wildman–Crippen LogP) is 0.154. The van der Waals surface area contributed by atoms with E-state index in [0.717, 1.165) is 0 Å². The quantitative estimate of drug-likeness (QED) is 0.745. The van der Waals surface area contributed by atoms with Crippen molar-refractivity contribution in [1.29, 1.82) is 0 Å². The van der Waals surface area contributed by atoms with Crippen LogP contribution in [0.15, 0.2) is 29.2 Å². The first kappa shape index (κ1) is 15.6. The molecular formula is C12H18N2O4S. The Bertz CT molecular complexity index is 523. The summed E-state index contributed by atoms with van der Waals surface area (Å²) >= 11 is 0. The monoisotopic (exact) mass is 286 g/mol. The zero-order valence-electron chi connectivity index (χ0n) is 11.0. The van der Waals surface area contributed by atoms with Crippen molar-refractivity contribution in [3.05, 3.63) is 29.8 Å². The summed E-state index contributed by atoms with van der Waals surface area (Å²) in [6.45, 7) is 0.933. The highest BCUT2D eigenvalue weighted by Gasteiger charge is 2.13. The van der Waals surface area contributed by atoms with Crippen molar-refractivity contribution in [2.75, 3.05) is 27.2 Å². The molecule has 0 aliphatic carbocycles. The van der Waals surface area contributed by atoms with E-state index in [1.54, 1.807) is 0 Å². The van der Waals surface area contributed by atoms with Crippen molar-refractivity contribution >= 4 is 16.0 Å². The largest absolute Gasteiger partial charge is 0.481 e. The number of likely N-dealkylation sites (N-methyl/N-ethyl adjacent to an activating group) is 1. The number of carbonyl (C=O) groups is 1. The third-order valence-electron chi connectivity index (χ3n) is 2.44. The molecule has 0 fully saturated rings. The molecule has 0 unspecified atom stereocenters. The molecule has 0 radical (unpaired) electrons. The number of carboxylic acid groups (broad SMARTS) is 1. The van der Waals surface area contributed by atoms with Crippen LogP contribution in [0.5, 0.6) is 0 Å². The highest BCUT2D eigenvalue weighted by molar-refractivity contribution is 7.89. The summed E-state index contributed by atoms with van der Waals surface area (Å²) in [4.78, 5) is 12.5. The lowest BCUT2D eigenvalue weighted by molar-refractivity contribution is -0.136. The number of benzene rings is 1. The number of nitrogens with zero attached hydrogens (tertiary/aromatic N) is 1. The lowest BCUT2D eigenvalue weighted by Crippen LogP contribution is -2.31. The highest BCUT2D eigenvalue weighted by Crippen LogP contribution is 2.10. The van der Waals surface area contributed by atoms with Gasteiger partial charge in [0.05, 0.1) is 11.3 Å². The summed E-state index contributed by atoms with van der Waals surface area (Å²) in [7, 11) is 0.187. The first-order chi connectivity index (χ1) is 8.81. The Labute approximate surface area is 113 Å². The zero-order chi connectivity index (χ0) is 14.5. The molecule has 0 aliphatic heterocycles. The van der Waals surface area contributed by atoms with E-state index in [2.05, 4.69) is 4.72 Å². The van der Waals surface area contributed by atoms with Gasteiger partial charge < -0.3 is 10.0 Å². The van der Waals surface area contributed by atoms with Gasteiger partial charge in [0, 0.05) is 13.1 Å². The van der Waals surface area contributed by atoms with Crippen LogP contribution in [0.25, 0.3) is 0 Å². The molecule has 0 aliphatic rings. The molecule has 0 saturated heterocycles. The number of carboxylic acids is 1. The SMILES string of the molecule is CN(C)CCNS(=O)(=O)c1ccc(CC(=O)O)cc1. The second kappa shape index (κ2) is 6.65. The molecule has 1 aromatic carbocycles. The zero-order valence-corrected chi connectivity index (χ0v) is 11.8. The smallest absolute Gasteiger partial charge is 0.307 e. The Morgan fingerprint density at radius 1 is 1.26 bits per heavy atom. The van der Waals surface area contributed by atoms with Gasteiger partial charge in [0.25, 0.3) is 0 Å². The molecule has 0 saturated carbocycles. The molecule has 1 aromatic rings. The fourth-order valence-electron chi connectivity index (χ4n) is 1.45. The van der Waals surface area contributed by atoms with Gasteiger partial charge in [-0.25, -0.2) is 13.1 Å². The normalized spacial score (nSPS) is 11.7. The molecule has 106 valence electrons. The highest BCUT2D eigenvalue weighted by atomic mass is 32.2. The Morgan fingerprint density at radius 3 is 2.32 bits per heavy atom. The van der Waals surface area contributed by atoms with Crippen LogP contribution in [0.2, 0.25) is 0 Å². The molecule has 0 aromatic heterocycles. The molecule has 0 spiro atoms. The molecule has 1 rings (SSSR count). The van der Waals surface area contributed by atoms with E-state index < -0.39 is 16.0 Å². The van der Waals surface area contributed by atoms with E-state index in [1.807, 2.05) is 19.0 Å². The second-order valence-electron chi connectivity index (χ2n) is 4.42. The van der Waals surface area contributed by atoms with E-state index in [0.29, 0.717) is 18.7 Å². The van der Waals surface area contributed by atoms with E-state index in [-0.39, 0.29) is 11.3 Å². The summed E-state index contributed by atoms with van der Waals surface area (Å²) in [5, 5.41) is 8.63. The Balaban J connectivity index is 2.70. The van der Waals surface area contributed by atoms with Crippen molar-refractivity contribution in [2.45, 2.75) is 11.3 Å². The second-order valence-corrected chi connectivity index (χ2v) is 6.18. The molecule has 2 N–H and O–H groups in total. The maximum Gasteiger partial charge on any atom is 0.307 e. The molecule has 0 amide bonds. The lowest BCUT2D eigenvalue weighted by Gasteiger charge is -2.11.